The van der Waals surface area contributed by atoms with E-state index in [0.717, 1.165) is 0 Å². The molecule has 0 saturated carbocycles. The summed E-state index contributed by atoms with van der Waals surface area (Å²) in [5.74, 6) is 0. The van der Waals surface area contributed by atoms with Crippen LogP contribution in [0.4, 0.5) is 0 Å². The number of hydrogen-bond acceptors (Lipinski definition) is 0. The maximum atomic E-state index is 6.86. The summed E-state index contributed by atoms with van der Waals surface area (Å²) in [7, 11) is 13.2. The largest absolute Gasteiger partial charge is 0.156 e. The molecular formula is C18H14Cl12Si4. The van der Waals surface area contributed by atoms with Gasteiger partial charge in [-0.15, -0.1) is 46.4 Å². The van der Waals surface area contributed by atoms with Crippen LogP contribution in [0.3, 0.4) is 0 Å². The van der Waals surface area contributed by atoms with Gasteiger partial charge in [0.05, 0.1) is 61.0 Å². The summed E-state index contributed by atoms with van der Waals surface area (Å²) >= 11 is 80.3. The van der Waals surface area contributed by atoms with Crippen LogP contribution in [-0.4, -0.2) is 61.0 Å². The van der Waals surface area contributed by atoms with Crippen LogP contribution >= 0.6 is 139 Å². The Bertz CT molecular complexity index is 813. The summed E-state index contributed by atoms with van der Waals surface area (Å²) in [5.41, 5.74) is 1.67. The first-order chi connectivity index (χ1) is 15.2. The molecular weight excluding hydrogens is 754 g/mol. The minimum atomic E-state index is -1.97. The summed E-state index contributed by atoms with van der Waals surface area (Å²) in [6.45, 7) is 3.72. The van der Waals surface area contributed by atoms with Gasteiger partial charge in [-0.1, -0.05) is 107 Å². The molecule has 0 aliphatic rings. The van der Waals surface area contributed by atoms with Crippen LogP contribution in [-0.2, 0) is 30.2 Å². The van der Waals surface area contributed by atoms with Crippen molar-refractivity contribution in [1.29, 1.82) is 0 Å². The predicted molar refractivity (Wildman–Crippen MR) is 160 cm³/mol. The Kier molecular flexibility index (Phi) is 13.6. The van der Waals surface area contributed by atoms with E-state index >= 15 is 0 Å². The topological polar surface area (TPSA) is 0 Å². The summed E-state index contributed by atoms with van der Waals surface area (Å²) < 4.78 is -7.58. The maximum absolute atomic E-state index is 6.86. The Labute approximate surface area is 274 Å². The molecule has 0 aromatic heterocycles. The van der Waals surface area contributed by atoms with Crippen molar-refractivity contribution in [2.24, 2.45) is 0 Å². The van der Waals surface area contributed by atoms with E-state index in [4.69, 9.17) is 139 Å². The van der Waals surface area contributed by atoms with Crippen LogP contribution in [0, 0.1) is 0 Å². The van der Waals surface area contributed by atoms with Crippen molar-refractivity contribution in [2.75, 3.05) is 0 Å². The Morgan fingerprint density at radius 3 is 0.794 bits per heavy atom. The molecule has 186 valence electrons. The molecule has 0 aliphatic heterocycles. The van der Waals surface area contributed by atoms with Crippen LogP contribution in [0.2, 0.25) is 0 Å². The van der Waals surface area contributed by atoms with Gasteiger partial charge < -0.3 is 0 Å². The first-order valence-electron chi connectivity index (χ1n) is 9.32. The first-order valence-corrected chi connectivity index (χ1v) is 16.4. The lowest BCUT2D eigenvalue weighted by molar-refractivity contribution is 0.745. The van der Waals surface area contributed by atoms with Crippen LogP contribution in [0.15, 0.2) is 0 Å². The fraction of sp³-hybridized carbons (Fsp3) is 0.667. The van der Waals surface area contributed by atoms with Gasteiger partial charge in [-0.3, -0.25) is 0 Å². The monoisotopic (exact) mass is 762 g/mol. The molecule has 0 spiro atoms. The number of halogens is 12. The lowest BCUT2D eigenvalue weighted by Gasteiger charge is -2.43. The molecule has 34 heavy (non-hydrogen) atoms. The average Bonchev–Trinajstić information content (AvgIpc) is 2.70. The third kappa shape index (κ3) is 6.71. The highest BCUT2D eigenvalue weighted by molar-refractivity contribution is 6.62. The molecule has 0 saturated heterocycles. The normalized spacial score (nSPS) is 17.5. The minimum Gasteiger partial charge on any atom is -0.124 e. The average molecular weight is 768 g/mol. The fourth-order valence-electron chi connectivity index (χ4n) is 3.54. The Balaban J connectivity index is 4.84. The maximum Gasteiger partial charge on any atom is 0.156 e. The van der Waals surface area contributed by atoms with E-state index in [-0.39, 0.29) is 22.3 Å². The van der Waals surface area contributed by atoms with Crippen molar-refractivity contribution in [3.05, 3.63) is 33.4 Å². The SMILES string of the molecule is CCc1c(CC)c(C(Cl)(Cl)C([Si])Cl)c(C(Cl)(Cl)C([Si])Cl)c(C(Cl)(Cl)C([Si])Cl)c1C(Cl)(Cl)C([Si])Cl. The van der Waals surface area contributed by atoms with E-state index < -0.39 is 37.3 Å². The molecule has 1 aromatic rings. The lowest BCUT2D eigenvalue weighted by atomic mass is 9.79. The second kappa shape index (κ2) is 13.0. The highest BCUT2D eigenvalue weighted by Gasteiger charge is 2.53. The molecule has 0 nitrogen and oxygen atoms in total. The van der Waals surface area contributed by atoms with Crippen molar-refractivity contribution in [1.82, 2.24) is 0 Å². The lowest BCUT2D eigenvalue weighted by Crippen LogP contribution is -2.41. The van der Waals surface area contributed by atoms with Gasteiger partial charge in [-0.25, -0.2) is 0 Å². The highest BCUT2D eigenvalue weighted by Crippen LogP contribution is 2.60. The van der Waals surface area contributed by atoms with Crippen molar-refractivity contribution >= 4 is 180 Å². The van der Waals surface area contributed by atoms with E-state index in [0.29, 0.717) is 24.0 Å². The van der Waals surface area contributed by atoms with E-state index in [1.165, 1.54) is 0 Å². The summed E-state index contributed by atoms with van der Waals surface area (Å²) in [4.78, 5) is 0. The van der Waals surface area contributed by atoms with Crippen LogP contribution in [0.5, 0.6) is 0 Å². The molecule has 0 heterocycles. The van der Waals surface area contributed by atoms with E-state index in [1.54, 1.807) is 0 Å². The third-order valence-electron chi connectivity index (χ3n) is 5.03. The van der Waals surface area contributed by atoms with Gasteiger partial charge >= 0.3 is 0 Å². The molecule has 1 rings (SSSR count). The van der Waals surface area contributed by atoms with Crippen LogP contribution < -0.4 is 0 Å². The predicted octanol–water partition coefficient (Wildman–Crippen LogP) is 8.27. The second-order valence-corrected chi connectivity index (χ2v) is 18.2. The van der Waals surface area contributed by atoms with Crippen molar-refractivity contribution < 1.29 is 0 Å². The van der Waals surface area contributed by atoms with E-state index in [2.05, 4.69) is 41.0 Å². The van der Waals surface area contributed by atoms with Gasteiger partial charge in [0.15, 0.2) is 17.3 Å². The van der Waals surface area contributed by atoms with Gasteiger partial charge in [-0.2, -0.15) is 0 Å². The fourth-order valence-corrected chi connectivity index (χ4v) is 6.15. The minimum absolute atomic E-state index is 0.0207. The van der Waals surface area contributed by atoms with Gasteiger partial charge in [0.1, 0.15) is 0 Å². The zero-order chi connectivity index (χ0) is 27.2. The highest BCUT2D eigenvalue weighted by atomic mass is 35.5. The third-order valence-corrected chi connectivity index (χ3v) is 13.7. The molecule has 0 fully saturated rings. The van der Waals surface area contributed by atoms with Gasteiger partial charge in [0.2, 0.25) is 0 Å². The number of hydrogen-bond donors (Lipinski definition) is 0. The number of rotatable bonds is 10. The molecule has 4 atom stereocenters. The summed E-state index contributed by atoms with van der Waals surface area (Å²) in [5, 5.41) is -4.29. The summed E-state index contributed by atoms with van der Waals surface area (Å²) in [6.07, 6.45) is 0.755. The van der Waals surface area contributed by atoms with E-state index in [1.807, 2.05) is 13.8 Å². The van der Waals surface area contributed by atoms with Crippen LogP contribution in [0.1, 0.15) is 47.2 Å². The Morgan fingerprint density at radius 1 is 0.471 bits per heavy atom. The molecule has 1 aromatic carbocycles. The smallest absolute Gasteiger partial charge is 0.124 e. The molecule has 12 radical (unpaired) electrons. The molecule has 0 aliphatic carbocycles. The molecule has 0 amide bonds. The van der Waals surface area contributed by atoms with Crippen molar-refractivity contribution in [2.45, 2.75) is 64.0 Å². The standard InChI is InChI=1S/C18H14Cl12Si4/c1-3-5-6(4-2)8(16(25,26)12(20)32)10(18(29,30)14(22)34)9(17(27,28)13(21)33)7(5)15(23,24)11(19)31/h11-14H,3-4H2,1-2H3. The second-order valence-electron chi connectivity index (χ2n) is 7.11. The molecule has 0 N–H and O–H groups in total. The van der Waals surface area contributed by atoms with Gasteiger partial charge in [0, 0.05) is 11.1 Å². The van der Waals surface area contributed by atoms with Crippen molar-refractivity contribution in [3.63, 3.8) is 0 Å². The molecule has 16 heteroatoms. The van der Waals surface area contributed by atoms with Crippen molar-refractivity contribution in [3.8, 4) is 0 Å². The number of alkyl halides is 12. The van der Waals surface area contributed by atoms with Gasteiger partial charge in [-0.05, 0) is 35.1 Å². The zero-order valence-electron chi connectivity index (χ0n) is 17.3. The van der Waals surface area contributed by atoms with E-state index in [9.17, 15) is 0 Å². The number of benzene rings is 1. The Morgan fingerprint density at radius 2 is 0.647 bits per heavy atom. The zero-order valence-corrected chi connectivity index (χ0v) is 30.3. The first kappa shape index (κ1) is 35.6. The molecule has 0 bridgehead atoms. The molecule has 4 unspecified atom stereocenters. The summed E-state index contributed by atoms with van der Waals surface area (Å²) in [6, 6.07) is 0. The van der Waals surface area contributed by atoms with Crippen LogP contribution in [0.25, 0.3) is 0 Å². The quantitative estimate of drug-likeness (QED) is 0.166. The van der Waals surface area contributed by atoms with Gasteiger partial charge in [0.25, 0.3) is 0 Å². The Hall–Kier alpha value is 3.57.